The number of furan rings is 1. The second-order valence-corrected chi connectivity index (χ2v) is 4.09. The highest BCUT2D eigenvalue weighted by Gasteiger charge is 2.09. The Hall–Kier alpha value is -2.09. The van der Waals surface area contributed by atoms with Crippen LogP contribution in [-0.2, 0) is 0 Å². The van der Waals surface area contributed by atoms with E-state index >= 15 is 0 Å². The van der Waals surface area contributed by atoms with Crippen molar-refractivity contribution in [2.45, 2.75) is 13.3 Å². The second-order valence-electron chi connectivity index (χ2n) is 4.09. The predicted octanol–water partition coefficient (Wildman–Crippen LogP) is 4.18. The number of carbonyl (C=O) groups is 1. The number of ketones is 1. The number of Topliss-reactive ketones (excluding diaryl/α,β-unsaturated/α-hetero) is 1. The first-order valence-corrected chi connectivity index (χ1v) is 5.74. The fourth-order valence-electron chi connectivity index (χ4n) is 2.10. The summed E-state index contributed by atoms with van der Waals surface area (Å²) in [6.45, 7) is 1.88. The monoisotopic (exact) mass is 224 g/mol. The average Bonchev–Trinajstić information content (AvgIpc) is 2.75. The molecule has 0 saturated heterocycles. The highest BCUT2D eigenvalue weighted by Crippen LogP contribution is 2.29. The van der Waals surface area contributed by atoms with Gasteiger partial charge in [-0.15, -0.1) is 0 Å². The first-order chi connectivity index (χ1) is 8.29. The van der Waals surface area contributed by atoms with Gasteiger partial charge in [-0.05, 0) is 24.3 Å². The molecule has 0 amide bonds. The van der Waals surface area contributed by atoms with Crippen LogP contribution in [0.15, 0.2) is 46.9 Å². The topological polar surface area (TPSA) is 30.2 Å². The molecular weight excluding hydrogens is 212 g/mol. The molecule has 0 radical (unpaired) electrons. The highest BCUT2D eigenvalue weighted by molar-refractivity contribution is 6.08. The molecule has 1 aromatic heterocycles. The van der Waals surface area contributed by atoms with Crippen LogP contribution in [0.5, 0.6) is 0 Å². The largest absolute Gasteiger partial charge is 0.456 e. The van der Waals surface area contributed by atoms with Gasteiger partial charge >= 0.3 is 0 Å². The van der Waals surface area contributed by atoms with Crippen molar-refractivity contribution >= 4 is 27.7 Å². The van der Waals surface area contributed by atoms with Crippen LogP contribution in [0, 0.1) is 0 Å². The number of fused-ring (bicyclic) bond motifs is 3. The van der Waals surface area contributed by atoms with Gasteiger partial charge < -0.3 is 4.42 Å². The molecule has 3 aromatic rings. The van der Waals surface area contributed by atoms with Crippen molar-refractivity contribution in [3.05, 3.63) is 48.0 Å². The van der Waals surface area contributed by atoms with Crippen LogP contribution in [0.25, 0.3) is 21.9 Å². The van der Waals surface area contributed by atoms with Crippen molar-refractivity contribution in [3.8, 4) is 0 Å². The molecule has 2 aromatic carbocycles. The van der Waals surface area contributed by atoms with Gasteiger partial charge in [0.25, 0.3) is 0 Å². The number of benzene rings is 2. The van der Waals surface area contributed by atoms with E-state index in [-0.39, 0.29) is 5.78 Å². The van der Waals surface area contributed by atoms with Gasteiger partial charge in [0.15, 0.2) is 5.78 Å². The van der Waals surface area contributed by atoms with Gasteiger partial charge in [0.05, 0.1) is 0 Å². The van der Waals surface area contributed by atoms with E-state index in [1.807, 2.05) is 49.4 Å². The zero-order chi connectivity index (χ0) is 11.8. The van der Waals surface area contributed by atoms with Gasteiger partial charge in [-0.2, -0.15) is 0 Å². The quantitative estimate of drug-likeness (QED) is 0.611. The van der Waals surface area contributed by atoms with E-state index in [4.69, 9.17) is 4.42 Å². The van der Waals surface area contributed by atoms with Crippen molar-refractivity contribution < 1.29 is 9.21 Å². The van der Waals surface area contributed by atoms with Gasteiger partial charge in [-0.1, -0.05) is 25.1 Å². The maximum Gasteiger partial charge on any atom is 0.162 e. The van der Waals surface area contributed by atoms with E-state index in [0.29, 0.717) is 6.42 Å². The lowest BCUT2D eigenvalue weighted by Gasteiger charge is -1.97. The van der Waals surface area contributed by atoms with Crippen molar-refractivity contribution in [1.82, 2.24) is 0 Å². The van der Waals surface area contributed by atoms with E-state index in [2.05, 4.69) is 0 Å². The van der Waals surface area contributed by atoms with Crippen LogP contribution < -0.4 is 0 Å². The Kier molecular flexibility index (Phi) is 2.22. The van der Waals surface area contributed by atoms with Crippen LogP contribution in [0.1, 0.15) is 23.7 Å². The molecule has 0 aliphatic carbocycles. The Bertz CT molecular complexity index is 707. The van der Waals surface area contributed by atoms with Gasteiger partial charge in [-0.25, -0.2) is 0 Å². The minimum atomic E-state index is 0.164. The molecule has 0 bridgehead atoms. The highest BCUT2D eigenvalue weighted by atomic mass is 16.3. The Labute approximate surface area is 98.8 Å². The molecule has 0 N–H and O–H groups in total. The number of para-hydroxylation sites is 1. The third kappa shape index (κ3) is 1.53. The Morgan fingerprint density at radius 2 is 1.82 bits per heavy atom. The maximum absolute atomic E-state index is 11.7. The molecule has 0 spiro atoms. The number of hydrogen-bond acceptors (Lipinski definition) is 2. The molecule has 0 fully saturated rings. The fourth-order valence-corrected chi connectivity index (χ4v) is 2.10. The lowest BCUT2D eigenvalue weighted by Crippen LogP contribution is -1.95. The minimum absolute atomic E-state index is 0.164. The SMILES string of the molecule is CCC(=O)c1ccc2oc3ccccc3c2c1. The molecule has 0 unspecified atom stereocenters. The van der Waals surface area contributed by atoms with Crippen molar-refractivity contribution in [2.75, 3.05) is 0 Å². The van der Waals surface area contributed by atoms with Crippen molar-refractivity contribution in [3.63, 3.8) is 0 Å². The van der Waals surface area contributed by atoms with Gasteiger partial charge in [0.1, 0.15) is 11.2 Å². The maximum atomic E-state index is 11.7. The third-order valence-electron chi connectivity index (χ3n) is 3.02. The predicted molar refractivity (Wildman–Crippen MR) is 68.3 cm³/mol. The normalized spacial score (nSPS) is 11.1. The van der Waals surface area contributed by atoms with Crippen LogP contribution in [0.3, 0.4) is 0 Å². The lowest BCUT2D eigenvalue weighted by molar-refractivity contribution is 0.0988. The summed E-state index contributed by atoms with van der Waals surface area (Å²) in [6, 6.07) is 13.5. The molecule has 0 saturated carbocycles. The van der Waals surface area contributed by atoms with Crippen LogP contribution >= 0.6 is 0 Å². The summed E-state index contributed by atoms with van der Waals surface area (Å²) in [5.41, 5.74) is 2.45. The van der Waals surface area contributed by atoms with Crippen LogP contribution in [0.4, 0.5) is 0 Å². The minimum Gasteiger partial charge on any atom is -0.456 e. The summed E-state index contributed by atoms with van der Waals surface area (Å²) in [7, 11) is 0. The molecule has 0 atom stereocenters. The summed E-state index contributed by atoms with van der Waals surface area (Å²) in [4.78, 5) is 11.7. The summed E-state index contributed by atoms with van der Waals surface area (Å²) < 4.78 is 5.71. The number of carbonyl (C=O) groups excluding carboxylic acids is 1. The Balaban J connectivity index is 2.33. The van der Waals surface area contributed by atoms with E-state index in [1.165, 1.54) is 0 Å². The summed E-state index contributed by atoms with van der Waals surface area (Å²) >= 11 is 0. The van der Waals surface area contributed by atoms with E-state index in [1.54, 1.807) is 0 Å². The zero-order valence-electron chi connectivity index (χ0n) is 9.57. The Morgan fingerprint density at radius 3 is 2.65 bits per heavy atom. The number of hydrogen-bond donors (Lipinski definition) is 0. The second kappa shape index (κ2) is 3.74. The van der Waals surface area contributed by atoms with Crippen LogP contribution in [0.2, 0.25) is 0 Å². The Morgan fingerprint density at radius 1 is 1.06 bits per heavy atom. The average molecular weight is 224 g/mol. The molecule has 2 nitrogen and oxygen atoms in total. The van der Waals surface area contributed by atoms with Crippen molar-refractivity contribution in [1.29, 1.82) is 0 Å². The standard InChI is InChI=1S/C15H12O2/c1-2-13(16)10-7-8-15-12(9-10)11-5-3-4-6-14(11)17-15/h3-9H,2H2,1H3. The first-order valence-electron chi connectivity index (χ1n) is 5.74. The molecule has 0 aliphatic heterocycles. The molecule has 1 heterocycles. The summed E-state index contributed by atoms with van der Waals surface area (Å²) in [6.07, 6.45) is 0.529. The zero-order valence-corrected chi connectivity index (χ0v) is 9.57. The smallest absolute Gasteiger partial charge is 0.162 e. The van der Waals surface area contributed by atoms with E-state index in [0.717, 1.165) is 27.5 Å². The van der Waals surface area contributed by atoms with Gasteiger partial charge in [0, 0.05) is 22.8 Å². The molecule has 17 heavy (non-hydrogen) atoms. The third-order valence-corrected chi connectivity index (χ3v) is 3.02. The lowest BCUT2D eigenvalue weighted by atomic mass is 10.1. The van der Waals surface area contributed by atoms with E-state index in [9.17, 15) is 4.79 Å². The van der Waals surface area contributed by atoms with Gasteiger partial charge in [0.2, 0.25) is 0 Å². The van der Waals surface area contributed by atoms with Crippen molar-refractivity contribution in [2.24, 2.45) is 0 Å². The molecular formula is C15H12O2. The number of rotatable bonds is 2. The summed E-state index contributed by atoms with van der Waals surface area (Å²) in [5.74, 6) is 0.164. The summed E-state index contributed by atoms with van der Waals surface area (Å²) in [5, 5.41) is 2.08. The molecule has 84 valence electrons. The van der Waals surface area contributed by atoms with Crippen LogP contribution in [-0.4, -0.2) is 5.78 Å². The molecule has 2 heteroatoms. The fraction of sp³-hybridized carbons (Fsp3) is 0.133. The molecule has 0 aliphatic rings. The molecule has 3 rings (SSSR count). The van der Waals surface area contributed by atoms with E-state index < -0.39 is 0 Å². The first kappa shape index (κ1) is 10.1. The van der Waals surface area contributed by atoms with Gasteiger partial charge in [-0.3, -0.25) is 4.79 Å².